The average molecular weight is 361 g/mol. The van der Waals surface area contributed by atoms with Crippen LogP contribution in [0.2, 0.25) is 5.02 Å². The number of benzene rings is 2. The van der Waals surface area contributed by atoms with E-state index in [1.165, 1.54) is 6.08 Å². The van der Waals surface area contributed by atoms with E-state index < -0.39 is 0 Å². The summed E-state index contributed by atoms with van der Waals surface area (Å²) in [6.45, 7) is 1.91. The van der Waals surface area contributed by atoms with E-state index >= 15 is 0 Å². The van der Waals surface area contributed by atoms with Crippen molar-refractivity contribution in [3.05, 3.63) is 64.7 Å². The zero-order chi connectivity index (χ0) is 17.5. The van der Waals surface area contributed by atoms with Gasteiger partial charge in [-0.1, -0.05) is 35.9 Å². The van der Waals surface area contributed by atoms with Crippen LogP contribution in [0, 0.1) is 6.92 Å². The number of anilines is 1. The number of hydrogen-bond donors (Lipinski definition) is 2. The van der Waals surface area contributed by atoms with Gasteiger partial charge in [0.15, 0.2) is 5.11 Å². The average Bonchev–Trinajstić information content (AvgIpc) is 2.56. The Balaban J connectivity index is 1.95. The number of nitrogens with one attached hydrogen (secondary N) is 2. The van der Waals surface area contributed by atoms with E-state index in [0.29, 0.717) is 16.5 Å². The number of ether oxygens (including phenoxy) is 1. The molecule has 0 saturated heterocycles. The van der Waals surface area contributed by atoms with Crippen LogP contribution in [0.4, 0.5) is 5.69 Å². The minimum atomic E-state index is -0.336. The van der Waals surface area contributed by atoms with E-state index in [9.17, 15) is 4.79 Å². The predicted molar refractivity (Wildman–Crippen MR) is 103 cm³/mol. The maximum atomic E-state index is 11.9. The highest BCUT2D eigenvalue weighted by Crippen LogP contribution is 2.20. The summed E-state index contributed by atoms with van der Waals surface area (Å²) in [6, 6.07) is 12.9. The Kier molecular flexibility index (Phi) is 6.35. The summed E-state index contributed by atoms with van der Waals surface area (Å²) >= 11 is 11.2. The molecule has 0 heterocycles. The number of carbonyl (C=O) groups excluding carboxylic acids is 1. The summed E-state index contributed by atoms with van der Waals surface area (Å²) in [4.78, 5) is 11.9. The Morgan fingerprint density at radius 2 is 2.00 bits per heavy atom. The number of methoxy groups -OCH3 is 1. The van der Waals surface area contributed by atoms with Crippen molar-refractivity contribution in [2.24, 2.45) is 0 Å². The molecule has 4 nitrogen and oxygen atoms in total. The van der Waals surface area contributed by atoms with Gasteiger partial charge in [-0.2, -0.15) is 0 Å². The summed E-state index contributed by atoms with van der Waals surface area (Å²) in [6.07, 6.45) is 3.06. The molecule has 1 amide bonds. The highest BCUT2D eigenvalue weighted by molar-refractivity contribution is 7.80. The largest absolute Gasteiger partial charge is 0.496 e. The van der Waals surface area contributed by atoms with Gasteiger partial charge in [0, 0.05) is 22.3 Å². The molecule has 0 unspecified atom stereocenters. The number of rotatable bonds is 4. The molecule has 124 valence electrons. The molecule has 24 heavy (non-hydrogen) atoms. The molecular weight excluding hydrogens is 344 g/mol. The molecule has 0 radical (unpaired) electrons. The molecule has 0 aromatic heterocycles. The Morgan fingerprint density at radius 1 is 1.25 bits per heavy atom. The first-order chi connectivity index (χ1) is 11.5. The molecule has 0 bridgehead atoms. The van der Waals surface area contributed by atoms with Gasteiger partial charge in [0.25, 0.3) is 0 Å². The van der Waals surface area contributed by atoms with Crippen molar-refractivity contribution in [2.45, 2.75) is 6.92 Å². The second-order valence-corrected chi connectivity index (χ2v) is 5.80. The van der Waals surface area contributed by atoms with E-state index in [1.54, 1.807) is 19.3 Å². The van der Waals surface area contributed by atoms with Crippen molar-refractivity contribution in [3.8, 4) is 5.75 Å². The molecule has 0 fully saturated rings. The molecule has 0 atom stereocenters. The van der Waals surface area contributed by atoms with Crippen LogP contribution in [-0.4, -0.2) is 18.1 Å². The SMILES string of the molecule is COc1ccccc1/C=C/C(=O)NC(=S)Nc1ccc(C)c(Cl)c1. The maximum absolute atomic E-state index is 11.9. The zero-order valence-electron chi connectivity index (χ0n) is 13.3. The van der Waals surface area contributed by atoms with Crippen LogP contribution in [0.15, 0.2) is 48.5 Å². The van der Waals surface area contributed by atoms with Gasteiger partial charge in [0.05, 0.1) is 7.11 Å². The van der Waals surface area contributed by atoms with E-state index in [1.807, 2.05) is 43.3 Å². The lowest BCUT2D eigenvalue weighted by Gasteiger charge is -2.09. The van der Waals surface area contributed by atoms with Gasteiger partial charge >= 0.3 is 0 Å². The van der Waals surface area contributed by atoms with Gasteiger partial charge < -0.3 is 10.1 Å². The Morgan fingerprint density at radius 3 is 2.71 bits per heavy atom. The molecule has 6 heteroatoms. The van der Waals surface area contributed by atoms with Crippen molar-refractivity contribution in [1.29, 1.82) is 0 Å². The van der Waals surface area contributed by atoms with Gasteiger partial charge in [-0.05, 0) is 49.0 Å². The molecule has 0 spiro atoms. The van der Waals surface area contributed by atoms with Crippen LogP contribution in [0.1, 0.15) is 11.1 Å². The van der Waals surface area contributed by atoms with Gasteiger partial charge in [-0.15, -0.1) is 0 Å². The maximum Gasteiger partial charge on any atom is 0.250 e. The lowest BCUT2D eigenvalue weighted by molar-refractivity contribution is -0.115. The van der Waals surface area contributed by atoms with E-state index in [4.69, 9.17) is 28.6 Å². The Bertz CT molecular complexity index is 790. The molecule has 0 aliphatic rings. The molecular formula is C18H17ClN2O2S. The topological polar surface area (TPSA) is 50.4 Å². The minimum absolute atomic E-state index is 0.199. The number of aryl methyl sites for hydroxylation is 1. The smallest absolute Gasteiger partial charge is 0.250 e. The first kappa shape index (κ1) is 18.0. The monoisotopic (exact) mass is 360 g/mol. The first-order valence-corrected chi connectivity index (χ1v) is 7.97. The van der Waals surface area contributed by atoms with Gasteiger partial charge in [-0.3, -0.25) is 10.1 Å². The lowest BCUT2D eigenvalue weighted by Crippen LogP contribution is -2.32. The third kappa shape index (κ3) is 5.08. The second-order valence-electron chi connectivity index (χ2n) is 4.98. The van der Waals surface area contributed by atoms with E-state index in [-0.39, 0.29) is 11.0 Å². The van der Waals surface area contributed by atoms with Crippen molar-refractivity contribution in [2.75, 3.05) is 12.4 Å². The van der Waals surface area contributed by atoms with E-state index in [0.717, 1.165) is 11.1 Å². The van der Waals surface area contributed by atoms with Gasteiger partial charge in [0.2, 0.25) is 5.91 Å². The molecule has 0 aliphatic heterocycles. The third-order valence-corrected chi connectivity index (χ3v) is 3.83. The fraction of sp³-hybridized carbons (Fsp3) is 0.111. The standard InChI is InChI=1S/C18H17ClN2O2S/c1-12-7-9-14(11-15(12)19)20-18(24)21-17(22)10-8-13-5-3-4-6-16(13)23-2/h3-11H,1-2H3,(H2,20,21,22,24)/b10-8+. The fourth-order valence-corrected chi connectivity index (χ4v) is 2.36. The van der Waals surface area contributed by atoms with Gasteiger partial charge in [-0.25, -0.2) is 0 Å². The minimum Gasteiger partial charge on any atom is -0.496 e. The van der Waals surface area contributed by atoms with Crippen LogP contribution in [0.25, 0.3) is 6.08 Å². The van der Waals surface area contributed by atoms with Crippen molar-refractivity contribution >= 4 is 46.6 Å². The summed E-state index contributed by atoms with van der Waals surface area (Å²) in [7, 11) is 1.58. The number of amides is 1. The third-order valence-electron chi connectivity index (χ3n) is 3.22. The molecule has 2 N–H and O–H groups in total. The van der Waals surface area contributed by atoms with Gasteiger partial charge in [0.1, 0.15) is 5.75 Å². The molecule has 2 aromatic carbocycles. The first-order valence-electron chi connectivity index (χ1n) is 7.19. The number of carbonyl (C=O) groups is 1. The molecule has 2 rings (SSSR count). The Hall–Kier alpha value is -2.37. The zero-order valence-corrected chi connectivity index (χ0v) is 14.9. The second kappa shape index (κ2) is 8.47. The number of thiocarbonyl (C=S) groups is 1. The summed E-state index contributed by atoms with van der Waals surface area (Å²) < 4.78 is 5.22. The predicted octanol–water partition coefficient (Wildman–Crippen LogP) is 4.18. The van der Waals surface area contributed by atoms with Crippen LogP contribution in [0.5, 0.6) is 5.75 Å². The molecule has 0 saturated carbocycles. The quantitative estimate of drug-likeness (QED) is 0.634. The highest BCUT2D eigenvalue weighted by Gasteiger charge is 2.04. The van der Waals surface area contributed by atoms with Crippen molar-refractivity contribution in [1.82, 2.24) is 5.32 Å². The fourth-order valence-electron chi connectivity index (χ4n) is 1.96. The van der Waals surface area contributed by atoms with Crippen LogP contribution in [-0.2, 0) is 4.79 Å². The van der Waals surface area contributed by atoms with E-state index in [2.05, 4.69) is 10.6 Å². The molecule has 2 aromatic rings. The summed E-state index contributed by atoms with van der Waals surface area (Å²) in [5.74, 6) is 0.355. The molecule has 0 aliphatic carbocycles. The van der Waals surface area contributed by atoms with Crippen LogP contribution < -0.4 is 15.4 Å². The summed E-state index contributed by atoms with van der Waals surface area (Å²) in [5, 5.41) is 6.33. The lowest BCUT2D eigenvalue weighted by atomic mass is 10.2. The number of para-hydroxylation sites is 1. The van der Waals surface area contributed by atoms with Crippen LogP contribution >= 0.6 is 23.8 Å². The highest BCUT2D eigenvalue weighted by atomic mass is 35.5. The van der Waals surface area contributed by atoms with Crippen molar-refractivity contribution < 1.29 is 9.53 Å². The van der Waals surface area contributed by atoms with Crippen molar-refractivity contribution in [3.63, 3.8) is 0 Å². The summed E-state index contributed by atoms with van der Waals surface area (Å²) in [5.41, 5.74) is 2.49. The van der Waals surface area contributed by atoms with Crippen LogP contribution in [0.3, 0.4) is 0 Å². The number of halogens is 1. The number of hydrogen-bond acceptors (Lipinski definition) is 3. The Labute approximate surface area is 151 Å². The normalized spacial score (nSPS) is 10.5.